The number of benzene rings is 1. The molecule has 0 aliphatic heterocycles. The van der Waals surface area contributed by atoms with Crippen molar-refractivity contribution >= 4 is 23.4 Å². The molecule has 0 spiro atoms. The molecule has 0 aromatic heterocycles. The van der Waals surface area contributed by atoms with Gasteiger partial charge in [-0.2, -0.15) is 0 Å². The van der Waals surface area contributed by atoms with E-state index < -0.39 is 24.0 Å². The monoisotopic (exact) mass is 244 g/mol. The van der Waals surface area contributed by atoms with Gasteiger partial charge in [0.05, 0.1) is 12.1 Å². The Balaban J connectivity index is 3.00. The maximum absolute atomic E-state index is 13.2. The highest BCUT2D eigenvalue weighted by molar-refractivity contribution is 6.34. The van der Waals surface area contributed by atoms with Crippen LogP contribution in [0.3, 0.4) is 0 Å². The van der Waals surface area contributed by atoms with Crippen LogP contribution in [0.5, 0.6) is 0 Å². The Bertz CT molecular complexity index is 443. The molecule has 1 aromatic rings. The van der Waals surface area contributed by atoms with Crippen LogP contribution in [-0.2, 0) is 9.53 Å². The number of hydrogen-bond donors (Lipinski definition) is 0. The van der Waals surface area contributed by atoms with E-state index in [0.717, 1.165) is 6.07 Å². The van der Waals surface area contributed by atoms with Crippen molar-refractivity contribution in [3.8, 4) is 0 Å². The molecule has 0 unspecified atom stereocenters. The smallest absolute Gasteiger partial charge is 0.313 e. The quantitative estimate of drug-likeness (QED) is 0.466. The minimum Gasteiger partial charge on any atom is -0.469 e. The van der Waals surface area contributed by atoms with Gasteiger partial charge in [-0.05, 0) is 24.6 Å². The summed E-state index contributed by atoms with van der Waals surface area (Å²) in [5.74, 6) is -1.77. The summed E-state index contributed by atoms with van der Waals surface area (Å²) < 4.78 is 17.6. The van der Waals surface area contributed by atoms with Crippen molar-refractivity contribution in [3.05, 3.63) is 34.1 Å². The lowest BCUT2D eigenvalue weighted by Gasteiger charge is -2.05. The van der Waals surface area contributed by atoms with Gasteiger partial charge in [-0.15, -0.1) is 0 Å². The van der Waals surface area contributed by atoms with E-state index in [0.29, 0.717) is 5.56 Å². The number of halogens is 2. The van der Waals surface area contributed by atoms with Crippen LogP contribution in [0, 0.1) is 12.7 Å². The first-order valence-electron chi connectivity index (χ1n) is 4.51. The molecule has 0 saturated carbocycles. The van der Waals surface area contributed by atoms with E-state index in [1.165, 1.54) is 20.1 Å². The lowest BCUT2D eigenvalue weighted by atomic mass is 10.1. The second-order valence-corrected chi connectivity index (χ2v) is 3.66. The molecule has 1 aromatic carbocycles. The van der Waals surface area contributed by atoms with Gasteiger partial charge >= 0.3 is 5.97 Å². The Hall–Kier alpha value is -1.42. The largest absolute Gasteiger partial charge is 0.469 e. The highest BCUT2D eigenvalue weighted by Gasteiger charge is 2.16. The number of ketones is 1. The Morgan fingerprint density at radius 1 is 1.44 bits per heavy atom. The van der Waals surface area contributed by atoms with Gasteiger partial charge in [0.15, 0.2) is 5.78 Å². The molecule has 16 heavy (non-hydrogen) atoms. The van der Waals surface area contributed by atoms with Crippen LogP contribution in [0.15, 0.2) is 12.1 Å². The van der Waals surface area contributed by atoms with Crippen LogP contribution in [0.1, 0.15) is 22.3 Å². The highest BCUT2D eigenvalue weighted by Crippen LogP contribution is 2.21. The normalized spacial score (nSPS) is 10.0. The lowest BCUT2D eigenvalue weighted by Crippen LogP contribution is -2.10. The van der Waals surface area contributed by atoms with E-state index in [1.54, 1.807) is 0 Å². The van der Waals surface area contributed by atoms with Gasteiger partial charge in [0, 0.05) is 5.56 Å². The Morgan fingerprint density at radius 3 is 2.62 bits per heavy atom. The molecule has 1 rings (SSSR count). The second kappa shape index (κ2) is 5.07. The summed E-state index contributed by atoms with van der Waals surface area (Å²) in [5.41, 5.74) is 0.342. The van der Waals surface area contributed by atoms with Crippen molar-refractivity contribution in [1.29, 1.82) is 0 Å². The zero-order valence-corrected chi connectivity index (χ0v) is 9.60. The molecule has 0 aliphatic rings. The number of esters is 1. The van der Waals surface area contributed by atoms with Crippen LogP contribution in [0.4, 0.5) is 4.39 Å². The van der Waals surface area contributed by atoms with Crippen molar-refractivity contribution in [3.63, 3.8) is 0 Å². The first-order chi connectivity index (χ1) is 7.45. The van der Waals surface area contributed by atoms with Crippen LogP contribution in [-0.4, -0.2) is 18.9 Å². The van der Waals surface area contributed by atoms with Gasteiger partial charge in [0.25, 0.3) is 0 Å². The molecule has 0 fully saturated rings. The van der Waals surface area contributed by atoms with E-state index in [4.69, 9.17) is 11.6 Å². The molecule has 5 heteroatoms. The summed E-state index contributed by atoms with van der Waals surface area (Å²) in [6, 6.07) is 2.38. The van der Waals surface area contributed by atoms with Gasteiger partial charge in [-0.1, -0.05) is 11.6 Å². The number of hydrogen-bond acceptors (Lipinski definition) is 3. The van der Waals surface area contributed by atoms with Crippen LogP contribution in [0.25, 0.3) is 0 Å². The Kier molecular flexibility index (Phi) is 4.01. The Morgan fingerprint density at radius 2 is 2.06 bits per heavy atom. The summed E-state index contributed by atoms with van der Waals surface area (Å²) in [5, 5.41) is 0.132. The molecule has 0 saturated heterocycles. The van der Waals surface area contributed by atoms with Gasteiger partial charge in [0.2, 0.25) is 0 Å². The van der Waals surface area contributed by atoms with E-state index >= 15 is 0 Å². The SMILES string of the molecule is COC(=O)CC(=O)c1cc(F)c(C)cc1Cl. The molecule has 0 heterocycles. The highest BCUT2D eigenvalue weighted by atomic mass is 35.5. The third-order valence-corrected chi connectivity index (χ3v) is 2.39. The fourth-order valence-electron chi connectivity index (χ4n) is 1.16. The first-order valence-corrected chi connectivity index (χ1v) is 4.89. The number of rotatable bonds is 3. The molecule has 0 amide bonds. The minimum atomic E-state index is -0.679. The summed E-state index contributed by atoms with van der Waals surface area (Å²) in [6.45, 7) is 1.54. The molecule has 0 atom stereocenters. The fourth-order valence-corrected chi connectivity index (χ4v) is 1.48. The van der Waals surface area contributed by atoms with Crippen LogP contribution >= 0.6 is 11.6 Å². The van der Waals surface area contributed by atoms with Gasteiger partial charge in [-0.25, -0.2) is 4.39 Å². The fraction of sp³-hybridized carbons (Fsp3) is 0.273. The van der Waals surface area contributed by atoms with Crippen molar-refractivity contribution < 1.29 is 18.7 Å². The molecule has 86 valence electrons. The third kappa shape index (κ3) is 2.79. The zero-order chi connectivity index (χ0) is 12.3. The molecule has 0 radical (unpaired) electrons. The topological polar surface area (TPSA) is 43.4 Å². The number of aryl methyl sites for hydroxylation is 1. The maximum atomic E-state index is 13.2. The molecule has 0 N–H and O–H groups in total. The summed E-state index contributed by atoms with van der Waals surface area (Å²) in [7, 11) is 1.17. The van der Waals surface area contributed by atoms with Gasteiger partial charge in [-0.3, -0.25) is 9.59 Å². The van der Waals surface area contributed by atoms with Gasteiger partial charge < -0.3 is 4.74 Å². The molecule has 0 bridgehead atoms. The van der Waals surface area contributed by atoms with Crippen LogP contribution < -0.4 is 0 Å². The summed E-state index contributed by atoms with van der Waals surface area (Å²) in [4.78, 5) is 22.4. The molecular weight excluding hydrogens is 235 g/mol. The first kappa shape index (κ1) is 12.6. The third-order valence-electron chi connectivity index (χ3n) is 2.08. The predicted molar refractivity (Wildman–Crippen MR) is 57.1 cm³/mol. The van der Waals surface area contributed by atoms with Crippen molar-refractivity contribution in [1.82, 2.24) is 0 Å². The average Bonchev–Trinajstić information content (AvgIpc) is 2.23. The van der Waals surface area contributed by atoms with E-state index in [9.17, 15) is 14.0 Å². The Labute approximate surface area is 97.2 Å². The maximum Gasteiger partial charge on any atom is 0.313 e. The average molecular weight is 245 g/mol. The molecule has 0 aliphatic carbocycles. The molecule has 3 nitrogen and oxygen atoms in total. The predicted octanol–water partition coefficient (Wildman–Crippen LogP) is 2.53. The standard InChI is InChI=1S/C11H10ClFO3/c1-6-3-8(12)7(4-9(6)13)10(14)5-11(15)16-2/h3-4H,5H2,1-2H3. The van der Waals surface area contributed by atoms with Crippen molar-refractivity contribution in [2.24, 2.45) is 0 Å². The number of carbonyl (C=O) groups excluding carboxylic acids is 2. The van der Waals surface area contributed by atoms with E-state index in [1.807, 2.05) is 0 Å². The lowest BCUT2D eigenvalue weighted by molar-refractivity contribution is -0.139. The summed E-state index contributed by atoms with van der Waals surface area (Å²) in [6.07, 6.45) is -0.446. The minimum absolute atomic E-state index is 0.00448. The summed E-state index contributed by atoms with van der Waals surface area (Å²) >= 11 is 5.78. The van der Waals surface area contributed by atoms with E-state index in [2.05, 4.69) is 4.74 Å². The number of carbonyl (C=O) groups is 2. The van der Waals surface area contributed by atoms with Gasteiger partial charge in [0.1, 0.15) is 12.2 Å². The number of ether oxygens (including phenoxy) is 1. The second-order valence-electron chi connectivity index (χ2n) is 3.26. The number of Topliss-reactive ketones (excluding diaryl/α,β-unsaturated/α-hetero) is 1. The van der Waals surface area contributed by atoms with Crippen LogP contribution in [0.2, 0.25) is 5.02 Å². The van der Waals surface area contributed by atoms with E-state index in [-0.39, 0.29) is 10.6 Å². The molecular formula is C11H10ClFO3. The number of methoxy groups -OCH3 is 1. The zero-order valence-electron chi connectivity index (χ0n) is 8.84. The van der Waals surface area contributed by atoms with Crippen molar-refractivity contribution in [2.45, 2.75) is 13.3 Å². The van der Waals surface area contributed by atoms with Crippen molar-refractivity contribution in [2.75, 3.05) is 7.11 Å².